The second-order valence-corrected chi connectivity index (χ2v) is 5.76. The van der Waals surface area contributed by atoms with E-state index in [0.29, 0.717) is 6.42 Å². The highest BCUT2D eigenvalue weighted by molar-refractivity contribution is 7.85. The molecule has 0 unspecified atom stereocenters. The van der Waals surface area contributed by atoms with Gasteiger partial charge in [0.15, 0.2) is 0 Å². The number of hydrogen-bond acceptors (Lipinski definition) is 3. The second kappa shape index (κ2) is 8.93. The average molecular weight is 254 g/mol. The molecule has 0 aromatic heterocycles. The molecular formula is C11H23FO3S. The Hall–Kier alpha value is -0.160. The van der Waals surface area contributed by atoms with Crippen molar-refractivity contribution in [2.24, 2.45) is 0 Å². The molecule has 0 aromatic carbocycles. The van der Waals surface area contributed by atoms with Crippen molar-refractivity contribution in [2.75, 3.05) is 12.9 Å². The fourth-order valence-electron chi connectivity index (χ4n) is 1.44. The van der Waals surface area contributed by atoms with Crippen LogP contribution < -0.4 is 0 Å². The largest absolute Gasteiger partial charge is 0.270 e. The highest BCUT2D eigenvalue weighted by Gasteiger charge is 2.08. The van der Waals surface area contributed by atoms with Crippen molar-refractivity contribution in [2.45, 2.75) is 58.0 Å². The standard InChI is InChI=1S/C11H23FO3S/c1-3-4-5-6-7-8-11(12)9-10-15-16(2,13)14/h11H,3-10H2,1-2H3/t11-/m0/s1. The first kappa shape index (κ1) is 15.8. The van der Waals surface area contributed by atoms with Crippen LogP contribution in [0.3, 0.4) is 0 Å². The number of alkyl halides is 1. The summed E-state index contributed by atoms with van der Waals surface area (Å²) in [7, 11) is -3.42. The van der Waals surface area contributed by atoms with E-state index < -0.39 is 16.3 Å². The number of unbranched alkanes of at least 4 members (excludes halogenated alkanes) is 4. The molecule has 16 heavy (non-hydrogen) atoms. The van der Waals surface area contributed by atoms with E-state index in [0.717, 1.165) is 25.5 Å². The third-order valence-corrected chi connectivity index (χ3v) is 2.94. The number of hydrogen-bond donors (Lipinski definition) is 0. The molecule has 0 amide bonds. The van der Waals surface area contributed by atoms with Crippen molar-refractivity contribution in [1.82, 2.24) is 0 Å². The summed E-state index contributed by atoms with van der Waals surface area (Å²) in [6, 6.07) is 0. The number of rotatable bonds is 10. The molecule has 0 saturated heterocycles. The zero-order valence-corrected chi connectivity index (χ0v) is 11.1. The van der Waals surface area contributed by atoms with Crippen LogP contribution in [0.15, 0.2) is 0 Å². The summed E-state index contributed by atoms with van der Waals surface area (Å²) in [4.78, 5) is 0. The lowest BCUT2D eigenvalue weighted by atomic mass is 10.1. The lowest BCUT2D eigenvalue weighted by Crippen LogP contribution is -2.09. The molecule has 0 rings (SSSR count). The Kier molecular flexibility index (Phi) is 8.84. The van der Waals surface area contributed by atoms with Gasteiger partial charge in [-0.15, -0.1) is 0 Å². The summed E-state index contributed by atoms with van der Waals surface area (Å²) < 4.78 is 38.9. The van der Waals surface area contributed by atoms with Gasteiger partial charge in [-0.1, -0.05) is 39.0 Å². The van der Waals surface area contributed by atoms with Gasteiger partial charge in [0.1, 0.15) is 6.17 Å². The topological polar surface area (TPSA) is 43.4 Å². The predicted octanol–water partition coefficient (Wildman–Crippen LogP) is 3.05. The highest BCUT2D eigenvalue weighted by atomic mass is 32.2. The molecule has 0 bridgehead atoms. The summed E-state index contributed by atoms with van der Waals surface area (Å²) in [6.45, 7) is 2.09. The monoisotopic (exact) mass is 254 g/mol. The molecule has 0 spiro atoms. The fourth-order valence-corrected chi connectivity index (χ4v) is 1.84. The SMILES string of the molecule is CCCCCCC[C@H](F)CCOS(C)(=O)=O. The Morgan fingerprint density at radius 1 is 1.12 bits per heavy atom. The molecule has 0 aliphatic heterocycles. The molecule has 0 radical (unpaired) electrons. The minimum Gasteiger partial charge on any atom is -0.270 e. The minimum absolute atomic E-state index is 0.0467. The van der Waals surface area contributed by atoms with Crippen LogP contribution in [-0.4, -0.2) is 27.5 Å². The zero-order valence-electron chi connectivity index (χ0n) is 10.2. The van der Waals surface area contributed by atoms with Crippen molar-refractivity contribution in [3.63, 3.8) is 0 Å². The molecular weight excluding hydrogens is 231 g/mol. The zero-order chi connectivity index (χ0) is 12.4. The van der Waals surface area contributed by atoms with E-state index in [1.165, 1.54) is 12.8 Å². The maximum atomic E-state index is 13.2. The van der Waals surface area contributed by atoms with Gasteiger partial charge < -0.3 is 0 Å². The maximum Gasteiger partial charge on any atom is 0.264 e. The smallest absolute Gasteiger partial charge is 0.264 e. The first-order chi connectivity index (χ1) is 7.45. The van der Waals surface area contributed by atoms with E-state index in [4.69, 9.17) is 0 Å². The molecule has 0 aliphatic carbocycles. The van der Waals surface area contributed by atoms with Gasteiger partial charge in [-0.3, -0.25) is 4.18 Å². The molecule has 0 saturated carbocycles. The fraction of sp³-hybridized carbons (Fsp3) is 1.00. The van der Waals surface area contributed by atoms with Crippen molar-refractivity contribution in [3.8, 4) is 0 Å². The van der Waals surface area contributed by atoms with E-state index in [1.807, 2.05) is 0 Å². The van der Waals surface area contributed by atoms with Gasteiger partial charge in [-0.2, -0.15) is 8.42 Å². The summed E-state index contributed by atoms with van der Waals surface area (Å²) in [6.07, 6.45) is 6.19. The Bertz CT molecular complexity index is 252. The van der Waals surface area contributed by atoms with Gasteiger partial charge in [-0.05, 0) is 6.42 Å². The first-order valence-electron chi connectivity index (χ1n) is 5.94. The van der Waals surface area contributed by atoms with Crippen LogP contribution in [0.5, 0.6) is 0 Å². The van der Waals surface area contributed by atoms with Crippen molar-refractivity contribution < 1.29 is 17.0 Å². The summed E-state index contributed by atoms with van der Waals surface area (Å²) in [5.74, 6) is 0. The van der Waals surface area contributed by atoms with E-state index in [-0.39, 0.29) is 13.0 Å². The maximum absolute atomic E-state index is 13.2. The molecule has 3 nitrogen and oxygen atoms in total. The van der Waals surface area contributed by atoms with Gasteiger partial charge in [-0.25, -0.2) is 4.39 Å². The van der Waals surface area contributed by atoms with Crippen LogP contribution in [-0.2, 0) is 14.3 Å². The third-order valence-electron chi connectivity index (χ3n) is 2.35. The molecule has 0 aliphatic rings. The average Bonchev–Trinajstić information content (AvgIpc) is 2.15. The van der Waals surface area contributed by atoms with Gasteiger partial charge in [0, 0.05) is 6.42 Å². The first-order valence-corrected chi connectivity index (χ1v) is 7.76. The van der Waals surface area contributed by atoms with E-state index in [9.17, 15) is 12.8 Å². The molecule has 5 heteroatoms. The van der Waals surface area contributed by atoms with Crippen LogP contribution in [0.25, 0.3) is 0 Å². The van der Waals surface area contributed by atoms with Gasteiger partial charge in [0.05, 0.1) is 12.9 Å². The van der Waals surface area contributed by atoms with Crippen LogP contribution >= 0.6 is 0 Å². The second-order valence-electron chi connectivity index (χ2n) is 4.11. The van der Waals surface area contributed by atoms with Crippen LogP contribution in [0.2, 0.25) is 0 Å². The molecule has 0 N–H and O–H groups in total. The van der Waals surface area contributed by atoms with Gasteiger partial charge in [0.25, 0.3) is 10.1 Å². The summed E-state index contributed by atoms with van der Waals surface area (Å²) >= 11 is 0. The van der Waals surface area contributed by atoms with Crippen molar-refractivity contribution >= 4 is 10.1 Å². The van der Waals surface area contributed by atoms with Crippen molar-refractivity contribution in [1.29, 1.82) is 0 Å². The molecule has 98 valence electrons. The van der Waals surface area contributed by atoms with Crippen molar-refractivity contribution in [3.05, 3.63) is 0 Å². The number of halogens is 1. The lowest BCUT2D eigenvalue weighted by molar-refractivity contribution is 0.227. The van der Waals surface area contributed by atoms with Crippen LogP contribution in [0.4, 0.5) is 4.39 Å². The Labute approximate surface area is 98.5 Å². The van der Waals surface area contributed by atoms with Crippen LogP contribution in [0.1, 0.15) is 51.9 Å². The normalized spacial score (nSPS) is 13.9. The van der Waals surface area contributed by atoms with Gasteiger partial charge >= 0.3 is 0 Å². The van der Waals surface area contributed by atoms with E-state index >= 15 is 0 Å². The minimum atomic E-state index is -3.42. The molecule has 0 aromatic rings. The molecule has 0 heterocycles. The van der Waals surface area contributed by atoms with E-state index in [2.05, 4.69) is 11.1 Å². The summed E-state index contributed by atoms with van der Waals surface area (Å²) in [5, 5.41) is 0. The Morgan fingerprint density at radius 3 is 2.31 bits per heavy atom. The lowest BCUT2D eigenvalue weighted by Gasteiger charge is -2.07. The Balaban J connectivity index is 3.34. The predicted molar refractivity (Wildman–Crippen MR) is 63.7 cm³/mol. The van der Waals surface area contributed by atoms with Gasteiger partial charge in [0.2, 0.25) is 0 Å². The molecule has 1 atom stereocenters. The van der Waals surface area contributed by atoms with Crippen LogP contribution in [0, 0.1) is 0 Å². The highest BCUT2D eigenvalue weighted by Crippen LogP contribution is 2.12. The Morgan fingerprint density at radius 2 is 1.75 bits per heavy atom. The third kappa shape index (κ3) is 11.9. The van der Waals surface area contributed by atoms with E-state index in [1.54, 1.807) is 0 Å². The molecule has 0 fully saturated rings. The summed E-state index contributed by atoms with van der Waals surface area (Å²) in [5.41, 5.74) is 0. The quantitative estimate of drug-likeness (QED) is 0.444.